The molecule has 0 N–H and O–H groups in total. The molecular weight excluding hydrogens is 346 g/mol. The molecule has 3 nitrogen and oxygen atoms in total. The number of carbonyl (C=O) groups excluding carboxylic acids is 1. The average molecular weight is 369 g/mol. The van der Waals surface area contributed by atoms with Gasteiger partial charge in [0.2, 0.25) is 0 Å². The molecule has 1 amide bonds. The number of nitrogens with zero attached hydrogens (tertiary/aromatic N) is 1. The highest BCUT2D eigenvalue weighted by Crippen LogP contribution is 2.52. The molecule has 140 valence electrons. The van der Waals surface area contributed by atoms with Crippen molar-refractivity contribution in [3.05, 3.63) is 95.6 Å². The Morgan fingerprint density at radius 2 is 1.68 bits per heavy atom. The standard InChI is InChI=1S/C25H23NO2/c27-25(28-17-18-8-3-1-4-9-18)26-15-14-20-16-23(26)24-21(12-7-13-22(20)24)19-10-5-2-6-11-19/h1-13,20,23H,14-17H2/t20-,23+/m1/s1. The van der Waals surface area contributed by atoms with E-state index >= 15 is 0 Å². The number of rotatable bonds is 3. The first-order valence-corrected chi connectivity index (χ1v) is 9.97. The molecule has 3 aromatic rings. The quantitative estimate of drug-likeness (QED) is 0.573. The van der Waals surface area contributed by atoms with E-state index in [1.54, 1.807) is 0 Å². The lowest BCUT2D eigenvalue weighted by Crippen LogP contribution is -2.38. The highest BCUT2D eigenvalue weighted by atomic mass is 16.6. The second-order valence-electron chi connectivity index (χ2n) is 7.65. The number of piperidine rings is 1. The Kier molecular flexibility index (Phi) is 4.36. The fourth-order valence-electron chi connectivity index (χ4n) is 4.72. The maximum Gasteiger partial charge on any atom is 0.410 e. The molecule has 0 radical (unpaired) electrons. The molecule has 1 fully saturated rings. The molecule has 0 aromatic heterocycles. The SMILES string of the molecule is O=C(OCc1ccccc1)N1CC[C@@H]2C[C@H]1c1c(-c3ccccc3)cccc12. The molecule has 2 bridgehead atoms. The Morgan fingerprint density at radius 1 is 0.929 bits per heavy atom. The van der Waals surface area contributed by atoms with E-state index in [0.717, 1.165) is 24.9 Å². The topological polar surface area (TPSA) is 29.5 Å². The van der Waals surface area contributed by atoms with Crippen LogP contribution in [0.25, 0.3) is 11.1 Å². The van der Waals surface area contributed by atoms with Crippen molar-refractivity contribution in [2.24, 2.45) is 0 Å². The summed E-state index contributed by atoms with van der Waals surface area (Å²) in [5, 5.41) is 0. The largest absolute Gasteiger partial charge is 0.445 e. The number of amides is 1. The minimum absolute atomic E-state index is 0.105. The monoisotopic (exact) mass is 369 g/mol. The molecular formula is C25H23NO2. The second-order valence-corrected chi connectivity index (χ2v) is 7.65. The van der Waals surface area contributed by atoms with Gasteiger partial charge in [-0.05, 0) is 46.6 Å². The summed E-state index contributed by atoms with van der Waals surface area (Å²) in [4.78, 5) is 14.9. The molecule has 0 spiro atoms. The van der Waals surface area contributed by atoms with Gasteiger partial charge >= 0.3 is 6.09 Å². The van der Waals surface area contributed by atoms with Crippen LogP contribution >= 0.6 is 0 Å². The van der Waals surface area contributed by atoms with Crippen LogP contribution in [0, 0.1) is 0 Å². The number of fused-ring (bicyclic) bond motifs is 5. The fraction of sp³-hybridized carbons (Fsp3) is 0.240. The van der Waals surface area contributed by atoms with Gasteiger partial charge in [0.25, 0.3) is 0 Å². The van der Waals surface area contributed by atoms with Crippen LogP contribution in [0.3, 0.4) is 0 Å². The minimum atomic E-state index is -0.206. The summed E-state index contributed by atoms with van der Waals surface area (Å²) in [7, 11) is 0. The third-order valence-electron chi connectivity index (χ3n) is 6.04. The van der Waals surface area contributed by atoms with Crippen molar-refractivity contribution in [1.29, 1.82) is 0 Å². The van der Waals surface area contributed by atoms with Gasteiger partial charge < -0.3 is 9.64 Å². The summed E-state index contributed by atoms with van der Waals surface area (Å²) in [6.07, 6.45) is 1.80. The Hall–Kier alpha value is -3.07. The fourth-order valence-corrected chi connectivity index (χ4v) is 4.72. The summed E-state index contributed by atoms with van der Waals surface area (Å²) in [6, 6.07) is 27.0. The molecule has 0 saturated carbocycles. The predicted octanol–water partition coefficient (Wildman–Crippen LogP) is 5.92. The van der Waals surface area contributed by atoms with Crippen LogP contribution < -0.4 is 0 Å². The van der Waals surface area contributed by atoms with Crippen LogP contribution in [0.1, 0.15) is 41.5 Å². The lowest BCUT2D eigenvalue weighted by molar-refractivity contribution is 0.0695. The van der Waals surface area contributed by atoms with Crippen molar-refractivity contribution in [3.8, 4) is 11.1 Å². The smallest absolute Gasteiger partial charge is 0.410 e. The van der Waals surface area contributed by atoms with Crippen molar-refractivity contribution in [3.63, 3.8) is 0 Å². The molecule has 1 aliphatic carbocycles. The van der Waals surface area contributed by atoms with E-state index < -0.39 is 0 Å². The summed E-state index contributed by atoms with van der Waals surface area (Å²) in [6.45, 7) is 1.07. The summed E-state index contributed by atoms with van der Waals surface area (Å²) in [5.41, 5.74) is 6.19. The average Bonchev–Trinajstić information content (AvgIpc) is 3.05. The van der Waals surface area contributed by atoms with Crippen LogP contribution in [0.5, 0.6) is 0 Å². The van der Waals surface area contributed by atoms with Gasteiger partial charge in [-0.25, -0.2) is 4.79 Å². The molecule has 3 heteroatoms. The third kappa shape index (κ3) is 2.97. The zero-order valence-electron chi connectivity index (χ0n) is 15.8. The highest BCUT2D eigenvalue weighted by Gasteiger charge is 2.42. The van der Waals surface area contributed by atoms with E-state index in [2.05, 4.69) is 42.5 Å². The first kappa shape index (κ1) is 17.1. The molecule has 1 saturated heterocycles. The summed E-state index contributed by atoms with van der Waals surface area (Å²) < 4.78 is 5.67. The van der Waals surface area contributed by atoms with E-state index in [1.807, 2.05) is 41.3 Å². The number of carbonyl (C=O) groups is 1. The Labute approximate surface area is 165 Å². The van der Waals surface area contributed by atoms with E-state index in [4.69, 9.17) is 4.74 Å². The number of hydrogen-bond donors (Lipinski definition) is 0. The number of ether oxygens (including phenoxy) is 1. The Bertz CT molecular complexity index is 984. The molecule has 0 unspecified atom stereocenters. The highest BCUT2D eigenvalue weighted by molar-refractivity contribution is 5.74. The Morgan fingerprint density at radius 3 is 2.46 bits per heavy atom. The van der Waals surface area contributed by atoms with Gasteiger partial charge in [-0.15, -0.1) is 0 Å². The van der Waals surface area contributed by atoms with Crippen LogP contribution in [0.4, 0.5) is 4.79 Å². The van der Waals surface area contributed by atoms with E-state index in [1.165, 1.54) is 22.3 Å². The second kappa shape index (κ2) is 7.16. The maximum atomic E-state index is 12.9. The lowest BCUT2D eigenvalue weighted by Gasteiger charge is -2.33. The van der Waals surface area contributed by atoms with Gasteiger partial charge in [-0.2, -0.15) is 0 Å². The van der Waals surface area contributed by atoms with Crippen molar-refractivity contribution < 1.29 is 9.53 Å². The molecule has 28 heavy (non-hydrogen) atoms. The van der Waals surface area contributed by atoms with Gasteiger partial charge in [0.15, 0.2) is 0 Å². The van der Waals surface area contributed by atoms with Crippen LogP contribution in [0.2, 0.25) is 0 Å². The summed E-state index contributed by atoms with van der Waals surface area (Å²) in [5.74, 6) is 0.543. The third-order valence-corrected chi connectivity index (χ3v) is 6.04. The molecule has 1 aliphatic heterocycles. The predicted molar refractivity (Wildman–Crippen MR) is 110 cm³/mol. The van der Waals surface area contributed by atoms with Crippen molar-refractivity contribution in [2.45, 2.75) is 31.4 Å². The van der Waals surface area contributed by atoms with Crippen LogP contribution in [-0.2, 0) is 11.3 Å². The first-order valence-electron chi connectivity index (χ1n) is 9.97. The minimum Gasteiger partial charge on any atom is -0.445 e. The molecule has 2 atom stereocenters. The normalized spacial score (nSPS) is 19.9. The van der Waals surface area contributed by atoms with Gasteiger partial charge in [0, 0.05) is 6.54 Å². The van der Waals surface area contributed by atoms with Crippen molar-refractivity contribution in [2.75, 3.05) is 6.54 Å². The van der Waals surface area contributed by atoms with E-state index in [-0.39, 0.29) is 12.1 Å². The Balaban J connectivity index is 1.43. The van der Waals surface area contributed by atoms with E-state index in [0.29, 0.717) is 12.5 Å². The first-order chi connectivity index (χ1) is 13.8. The maximum absolute atomic E-state index is 12.9. The molecule has 3 aromatic carbocycles. The lowest BCUT2D eigenvalue weighted by atomic mass is 9.94. The van der Waals surface area contributed by atoms with Crippen LogP contribution in [0.15, 0.2) is 78.9 Å². The number of likely N-dealkylation sites (tertiary alicyclic amines) is 1. The van der Waals surface area contributed by atoms with E-state index in [9.17, 15) is 4.79 Å². The zero-order chi connectivity index (χ0) is 18.9. The number of hydrogen-bond acceptors (Lipinski definition) is 2. The van der Waals surface area contributed by atoms with Gasteiger partial charge in [0.1, 0.15) is 6.61 Å². The van der Waals surface area contributed by atoms with Gasteiger partial charge in [-0.3, -0.25) is 0 Å². The number of benzene rings is 3. The zero-order valence-corrected chi connectivity index (χ0v) is 15.8. The van der Waals surface area contributed by atoms with Gasteiger partial charge in [-0.1, -0.05) is 78.9 Å². The molecule has 2 aliphatic rings. The summed E-state index contributed by atoms with van der Waals surface area (Å²) >= 11 is 0. The van der Waals surface area contributed by atoms with Gasteiger partial charge in [0.05, 0.1) is 6.04 Å². The van der Waals surface area contributed by atoms with Crippen molar-refractivity contribution in [1.82, 2.24) is 4.90 Å². The molecule has 5 rings (SSSR count). The van der Waals surface area contributed by atoms with Crippen LogP contribution in [-0.4, -0.2) is 17.5 Å². The molecule has 1 heterocycles. The van der Waals surface area contributed by atoms with Crippen molar-refractivity contribution >= 4 is 6.09 Å².